The quantitative estimate of drug-likeness (QED) is 0.764. The Morgan fingerprint density at radius 1 is 0.875 bits per heavy atom. The van der Waals surface area contributed by atoms with Crippen LogP contribution in [0.15, 0.2) is 72.9 Å². The van der Waals surface area contributed by atoms with Crippen LogP contribution in [0.4, 0.5) is 17.1 Å². The minimum Gasteiger partial charge on any atom is -0.354 e. The van der Waals surface area contributed by atoms with Crippen molar-refractivity contribution in [2.75, 3.05) is 10.6 Å². The van der Waals surface area contributed by atoms with Gasteiger partial charge in [0.15, 0.2) is 0 Å². The molecule has 1 aromatic heterocycles. The summed E-state index contributed by atoms with van der Waals surface area (Å²) in [7, 11) is 0. The molecular formula is C19H14N4O. The Balaban J connectivity index is 1.66. The van der Waals surface area contributed by atoms with Crippen molar-refractivity contribution in [3.8, 4) is 6.07 Å². The Bertz CT molecular complexity index is 866. The van der Waals surface area contributed by atoms with Gasteiger partial charge in [-0.25, -0.2) is 4.98 Å². The Labute approximate surface area is 139 Å². The third kappa shape index (κ3) is 3.76. The minimum atomic E-state index is -0.258. The van der Waals surface area contributed by atoms with Crippen molar-refractivity contribution in [1.29, 1.82) is 5.26 Å². The summed E-state index contributed by atoms with van der Waals surface area (Å²) in [4.78, 5) is 16.3. The number of amides is 1. The van der Waals surface area contributed by atoms with Gasteiger partial charge >= 0.3 is 0 Å². The second kappa shape index (κ2) is 7.07. The molecular weight excluding hydrogens is 300 g/mol. The van der Waals surface area contributed by atoms with E-state index in [4.69, 9.17) is 5.26 Å². The van der Waals surface area contributed by atoms with E-state index in [0.29, 0.717) is 11.3 Å². The molecule has 0 saturated carbocycles. The molecule has 0 aliphatic carbocycles. The predicted molar refractivity (Wildman–Crippen MR) is 93.1 cm³/mol. The third-order valence-electron chi connectivity index (χ3n) is 3.33. The van der Waals surface area contributed by atoms with E-state index < -0.39 is 0 Å². The number of carbonyl (C=O) groups is 1. The molecule has 0 bridgehead atoms. The topological polar surface area (TPSA) is 77.8 Å². The van der Waals surface area contributed by atoms with Gasteiger partial charge in [0.2, 0.25) is 0 Å². The number of hydrogen-bond donors (Lipinski definition) is 2. The van der Waals surface area contributed by atoms with E-state index in [1.54, 1.807) is 30.5 Å². The third-order valence-corrected chi connectivity index (χ3v) is 3.33. The number of hydrogen-bond acceptors (Lipinski definition) is 4. The Morgan fingerprint density at radius 2 is 1.58 bits per heavy atom. The number of carbonyl (C=O) groups excluding carboxylic acids is 1. The Morgan fingerprint density at radius 3 is 2.21 bits per heavy atom. The van der Waals surface area contributed by atoms with E-state index in [9.17, 15) is 4.79 Å². The zero-order valence-electron chi connectivity index (χ0n) is 12.7. The lowest BCUT2D eigenvalue weighted by atomic mass is 10.2. The summed E-state index contributed by atoms with van der Waals surface area (Å²) in [6.07, 6.45) is 1.60. The molecule has 0 aliphatic heterocycles. The highest BCUT2D eigenvalue weighted by Crippen LogP contribution is 2.17. The highest BCUT2D eigenvalue weighted by atomic mass is 16.1. The SMILES string of the molecule is N#Cc1ccc(Nc2ccc(C(=O)Nc3ccccc3)nc2)cc1. The summed E-state index contributed by atoms with van der Waals surface area (Å²) >= 11 is 0. The molecule has 0 radical (unpaired) electrons. The number of rotatable bonds is 4. The highest BCUT2D eigenvalue weighted by Gasteiger charge is 2.07. The summed E-state index contributed by atoms with van der Waals surface area (Å²) in [6.45, 7) is 0. The zero-order chi connectivity index (χ0) is 16.8. The second-order valence-electron chi connectivity index (χ2n) is 5.07. The van der Waals surface area contributed by atoms with Crippen LogP contribution in [0.5, 0.6) is 0 Å². The van der Waals surface area contributed by atoms with Crippen LogP contribution in [-0.4, -0.2) is 10.9 Å². The number of anilines is 3. The largest absolute Gasteiger partial charge is 0.354 e. The van der Waals surface area contributed by atoms with Crippen LogP contribution in [0.1, 0.15) is 16.1 Å². The van der Waals surface area contributed by atoms with Crippen LogP contribution in [0.3, 0.4) is 0 Å². The maximum Gasteiger partial charge on any atom is 0.274 e. The lowest BCUT2D eigenvalue weighted by molar-refractivity contribution is 0.102. The molecule has 0 aliphatic rings. The normalized spacial score (nSPS) is 9.79. The van der Waals surface area contributed by atoms with Crippen LogP contribution < -0.4 is 10.6 Å². The molecule has 1 heterocycles. The van der Waals surface area contributed by atoms with E-state index in [1.807, 2.05) is 42.5 Å². The van der Waals surface area contributed by atoms with Gasteiger partial charge in [-0.3, -0.25) is 4.79 Å². The monoisotopic (exact) mass is 314 g/mol. The van der Waals surface area contributed by atoms with E-state index in [0.717, 1.165) is 17.1 Å². The van der Waals surface area contributed by atoms with E-state index in [1.165, 1.54) is 0 Å². The van der Waals surface area contributed by atoms with Gasteiger partial charge in [0, 0.05) is 11.4 Å². The molecule has 0 fully saturated rings. The van der Waals surface area contributed by atoms with Gasteiger partial charge in [-0.05, 0) is 48.5 Å². The highest BCUT2D eigenvalue weighted by molar-refractivity contribution is 6.02. The average Bonchev–Trinajstić information content (AvgIpc) is 2.64. The molecule has 0 spiro atoms. The van der Waals surface area contributed by atoms with Crippen molar-refractivity contribution in [2.45, 2.75) is 0 Å². The number of nitriles is 1. The van der Waals surface area contributed by atoms with Crippen LogP contribution in [0.25, 0.3) is 0 Å². The number of para-hydroxylation sites is 1. The first-order valence-corrected chi connectivity index (χ1v) is 7.34. The van der Waals surface area contributed by atoms with Crippen molar-refractivity contribution >= 4 is 23.0 Å². The lowest BCUT2D eigenvalue weighted by Gasteiger charge is -2.07. The number of nitrogens with one attached hydrogen (secondary N) is 2. The van der Waals surface area contributed by atoms with Crippen molar-refractivity contribution in [1.82, 2.24) is 4.98 Å². The maximum atomic E-state index is 12.1. The number of pyridine rings is 1. The summed E-state index contributed by atoms with van der Waals surface area (Å²) in [5, 5.41) is 14.7. The predicted octanol–water partition coefficient (Wildman–Crippen LogP) is 3.95. The lowest BCUT2D eigenvalue weighted by Crippen LogP contribution is -2.13. The van der Waals surface area contributed by atoms with E-state index in [2.05, 4.69) is 21.7 Å². The van der Waals surface area contributed by atoms with Gasteiger partial charge in [0.05, 0.1) is 23.5 Å². The first-order valence-electron chi connectivity index (χ1n) is 7.34. The molecule has 24 heavy (non-hydrogen) atoms. The van der Waals surface area contributed by atoms with Gasteiger partial charge in [-0.2, -0.15) is 5.26 Å². The molecule has 5 nitrogen and oxygen atoms in total. The standard InChI is InChI=1S/C19H14N4O/c20-12-14-6-8-16(9-7-14)22-17-10-11-18(21-13-17)19(24)23-15-4-2-1-3-5-15/h1-11,13,22H,(H,23,24). The van der Waals surface area contributed by atoms with Crippen LogP contribution >= 0.6 is 0 Å². The molecule has 3 rings (SSSR count). The Hall–Kier alpha value is -3.65. The molecule has 5 heteroatoms. The molecule has 2 aromatic carbocycles. The smallest absolute Gasteiger partial charge is 0.274 e. The van der Waals surface area contributed by atoms with Gasteiger partial charge in [-0.1, -0.05) is 18.2 Å². The molecule has 1 amide bonds. The summed E-state index contributed by atoms with van der Waals surface area (Å²) in [5.74, 6) is -0.258. The van der Waals surface area contributed by atoms with Gasteiger partial charge in [0.1, 0.15) is 5.69 Å². The summed E-state index contributed by atoms with van der Waals surface area (Å²) in [5.41, 5.74) is 3.27. The van der Waals surface area contributed by atoms with Crippen LogP contribution in [0, 0.1) is 11.3 Å². The van der Waals surface area contributed by atoms with E-state index >= 15 is 0 Å². The molecule has 116 valence electrons. The van der Waals surface area contributed by atoms with E-state index in [-0.39, 0.29) is 5.91 Å². The van der Waals surface area contributed by atoms with Crippen LogP contribution in [0.2, 0.25) is 0 Å². The van der Waals surface area contributed by atoms with Crippen molar-refractivity contribution in [3.63, 3.8) is 0 Å². The van der Waals surface area contributed by atoms with Gasteiger partial charge < -0.3 is 10.6 Å². The zero-order valence-corrected chi connectivity index (χ0v) is 12.7. The first kappa shape index (κ1) is 15.3. The summed E-state index contributed by atoms with van der Waals surface area (Å²) < 4.78 is 0. The van der Waals surface area contributed by atoms with Crippen LogP contribution in [-0.2, 0) is 0 Å². The fourth-order valence-corrected chi connectivity index (χ4v) is 2.11. The molecule has 0 saturated heterocycles. The molecule has 0 unspecified atom stereocenters. The van der Waals surface area contributed by atoms with Gasteiger partial charge in [-0.15, -0.1) is 0 Å². The molecule has 2 N–H and O–H groups in total. The number of nitrogens with zero attached hydrogens (tertiary/aromatic N) is 2. The van der Waals surface area contributed by atoms with Gasteiger partial charge in [0.25, 0.3) is 5.91 Å². The molecule has 0 atom stereocenters. The fourth-order valence-electron chi connectivity index (χ4n) is 2.11. The maximum absolute atomic E-state index is 12.1. The molecule has 3 aromatic rings. The number of benzene rings is 2. The van der Waals surface area contributed by atoms with Crippen molar-refractivity contribution in [2.24, 2.45) is 0 Å². The second-order valence-corrected chi connectivity index (χ2v) is 5.07. The van der Waals surface area contributed by atoms with Crippen molar-refractivity contribution < 1.29 is 4.79 Å². The first-order chi connectivity index (χ1) is 11.7. The average molecular weight is 314 g/mol. The van der Waals surface area contributed by atoms with Crippen molar-refractivity contribution in [3.05, 3.63) is 84.2 Å². The summed E-state index contributed by atoms with van der Waals surface area (Å²) in [6, 6.07) is 21.8. The fraction of sp³-hybridized carbons (Fsp3) is 0. The Kier molecular flexibility index (Phi) is 4.50. The minimum absolute atomic E-state index is 0.258. The number of aromatic nitrogens is 1.